The monoisotopic (exact) mass is 458 g/mol. The van der Waals surface area contributed by atoms with Crippen LogP contribution in [0.2, 0.25) is 0 Å². The molecule has 0 unspecified atom stereocenters. The Morgan fingerprint density at radius 3 is 2.61 bits per heavy atom. The fourth-order valence-corrected chi connectivity index (χ4v) is 4.29. The number of carbonyl (C=O) groups is 1. The van der Waals surface area contributed by atoms with E-state index in [2.05, 4.69) is 47.6 Å². The Bertz CT molecular complexity index is 1320. The molecule has 3 aromatic carbocycles. The molecule has 1 aliphatic rings. The maximum absolute atomic E-state index is 12.6. The smallest absolute Gasteiger partial charge is 0.234 e. The number of benzene rings is 3. The summed E-state index contributed by atoms with van der Waals surface area (Å²) in [6, 6.07) is 21.5. The number of anilines is 1. The van der Waals surface area contributed by atoms with Crippen LogP contribution in [0, 0.1) is 13.8 Å². The van der Waals surface area contributed by atoms with Crippen LogP contribution < -0.4 is 14.8 Å². The van der Waals surface area contributed by atoms with E-state index in [1.54, 1.807) is 18.2 Å². The van der Waals surface area contributed by atoms with Crippen LogP contribution in [-0.4, -0.2) is 33.2 Å². The van der Waals surface area contributed by atoms with Crippen molar-refractivity contribution in [2.24, 2.45) is 0 Å². The van der Waals surface area contributed by atoms with Gasteiger partial charge in [0, 0.05) is 17.3 Å². The highest BCUT2D eigenvalue weighted by Crippen LogP contribution is 2.34. The van der Waals surface area contributed by atoms with Crippen LogP contribution in [0.3, 0.4) is 0 Å². The lowest BCUT2D eigenvalue weighted by atomic mass is 10.1. The van der Waals surface area contributed by atoms with Gasteiger partial charge in [0.15, 0.2) is 22.5 Å². The molecule has 4 aromatic rings. The molecule has 0 fully saturated rings. The van der Waals surface area contributed by atoms with Crippen LogP contribution in [0.15, 0.2) is 71.9 Å². The average Bonchev–Trinajstić information content (AvgIpc) is 3.47. The molecule has 1 aromatic heterocycles. The molecule has 0 saturated heterocycles. The third kappa shape index (κ3) is 4.42. The van der Waals surface area contributed by atoms with Gasteiger partial charge in [0.25, 0.3) is 0 Å². The van der Waals surface area contributed by atoms with Crippen molar-refractivity contribution < 1.29 is 14.3 Å². The van der Waals surface area contributed by atoms with Gasteiger partial charge in [-0.3, -0.25) is 9.36 Å². The van der Waals surface area contributed by atoms with Crippen LogP contribution in [0.4, 0.5) is 5.69 Å². The van der Waals surface area contributed by atoms with Gasteiger partial charge in [-0.25, -0.2) is 0 Å². The third-order valence-electron chi connectivity index (χ3n) is 5.40. The van der Waals surface area contributed by atoms with Crippen molar-refractivity contribution in [1.29, 1.82) is 0 Å². The van der Waals surface area contributed by atoms with Gasteiger partial charge in [0.2, 0.25) is 12.7 Å². The van der Waals surface area contributed by atoms with Gasteiger partial charge in [0.1, 0.15) is 0 Å². The second-order valence-corrected chi connectivity index (χ2v) is 8.62. The van der Waals surface area contributed by atoms with Gasteiger partial charge < -0.3 is 14.8 Å². The Kier molecular flexibility index (Phi) is 5.75. The molecule has 166 valence electrons. The molecule has 2 heterocycles. The SMILES string of the molecule is Cc1ccc(-n2c(SCC(=O)Nc3ccc4c(c3)OCO4)nnc2-c2ccccc2)cc1C. The highest BCUT2D eigenvalue weighted by molar-refractivity contribution is 7.99. The number of aromatic nitrogens is 3. The van der Waals surface area contributed by atoms with Crippen LogP contribution in [0.1, 0.15) is 11.1 Å². The number of amides is 1. The Morgan fingerprint density at radius 1 is 0.970 bits per heavy atom. The number of ether oxygens (including phenoxy) is 2. The summed E-state index contributed by atoms with van der Waals surface area (Å²) in [5.41, 5.74) is 4.97. The van der Waals surface area contributed by atoms with E-state index in [1.165, 1.54) is 22.9 Å². The summed E-state index contributed by atoms with van der Waals surface area (Å²) in [6.07, 6.45) is 0. The quantitative estimate of drug-likeness (QED) is 0.409. The van der Waals surface area contributed by atoms with Crippen molar-refractivity contribution in [1.82, 2.24) is 14.8 Å². The Morgan fingerprint density at radius 2 is 1.79 bits per heavy atom. The van der Waals surface area contributed by atoms with E-state index in [9.17, 15) is 4.79 Å². The van der Waals surface area contributed by atoms with Crippen molar-refractivity contribution in [3.63, 3.8) is 0 Å². The minimum atomic E-state index is -0.144. The molecule has 7 nitrogen and oxygen atoms in total. The first-order valence-corrected chi connectivity index (χ1v) is 11.5. The van der Waals surface area contributed by atoms with Crippen molar-refractivity contribution in [2.45, 2.75) is 19.0 Å². The van der Waals surface area contributed by atoms with Crippen molar-refractivity contribution >= 4 is 23.4 Å². The van der Waals surface area contributed by atoms with E-state index in [0.717, 1.165) is 17.1 Å². The molecule has 0 atom stereocenters. The molecule has 0 saturated carbocycles. The van der Waals surface area contributed by atoms with Crippen molar-refractivity contribution in [2.75, 3.05) is 17.9 Å². The summed E-state index contributed by atoms with van der Waals surface area (Å²) in [7, 11) is 0. The van der Waals surface area contributed by atoms with E-state index in [-0.39, 0.29) is 18.5 Å². The fourth-order valence-electron chi connectivity index (χ4n) is 3.54. The summed E-state index contributed by atoms with van der Waals surface area (Å²) in [5, 5.41) is 12.4. The van der Waals surface area contributed by atoms with E-state index < -0.39 is 0 Å². The van der Waals surface area contributed by atoms with Gasteiger partial charge >= 0.3 is 0 Å². The highest BCUT2D eigenvalue weighted by Gasteiger charge is 2.18. The molecule has 1 aliphatic heterocycles. The van der Waals surface area contributed by atoms with Crippen LogP contribution >= 0.6 is 11.8 Å². The summed E-state index contributed by atoms with van der Waals surface area (Å²) >= 11 is 1.34. The lowest BCUT2D eigenvalue weighted by Gasteiger charge is -2.12. The molecule has 33 heavy (non-hydrogen) atoms. The van der Waals surface area contributed by atoms with E-state index in [1.807, 2.05) is 34.9 Å². The minimum Gasteiger partial charge on any atom is -0.454 e. The number of rotatable bonds is 6. The molecule has 0 radical (unpaired) electrons. The van der Waals surface area contributed by atoms with Gasteiger partial charge in [-0.15, -0.1) is 10.2 Å². The molecule has 8 heteroatoms. The highest BCUT2D eigenvalue weighted by atomic mass is 32.2. The summed E-state index contributed by atoms with van der Waals surface area (Å²) in [4.78, 5) is 12.6. The predicted molar refractivity (Wildman–Crippen MR) is 128 cm³/mol. The van der Waals surface area contributed by atoms with E-state index in [0.29, 0.717) is 22.3 Å². The zero-order chi connectivity index (χ0) is 22.8. The summed E-state index contributed by atoms with van der Waals surface area (Å²) < 4.78 is 12.7. The van der Waals surface area contributed by atoms with Crippen LogP contribution in [0.25, 0.3) is 17.1 Å². The van der Waals surface area contributed by atoms with E-state index >= 15 is 0 Å². The summed E-state index contributed by atoms with van der Waals surface area (Å²) in [6.45, 7) is 4.36. The zero-order valence-corrected chi connectivity index (χ0v) is 19.1. The van der Waals surface area contributed by atoms with Crippen LogP contribution in [0.5, 0.6) is 11.5 Å². The molecule has 0 aliphatic carbocycles. The van der Waals surface area contributed by atoms with E-state index in [4.69, 9.17) is 9.47 Å². The normalized spacial score (nSPS) is 12.1. The standard InChI is InChI=1S/C25H22N4O3S/c1-16-8-10-20(12-17(16)2)29-24(18-6-4-3-5-7-18)27-28-25(29)33-14-23(30)26-19-9-11-21-22(13-19)32-15-31-21/h3-13H,14-15H2,1-2H3,(H,26,30). The number of hydrogen-bond donors (Lipinski definition) is 1. The van der Waals surface area contributed by atoms with Crippen molar-refractivity contribution in [3.8, 4) is 28.6 Å². The van der Waals surface area contributed by atoms with Gasteiger partial charge in [0.05, 0.1) is 11.4 Å². The lowest BCUT2D eigenvalue weighted by Crippen LogP contribution is -2.14. The second kappa shape index (κ2) is 8.99. The number of carbonyl (C=O) groups excluding carboxylic acids is 1. The zero-order valence-electron chi connectivity index (χ0n) is 18.2. The van der Waals surface area contributed by atoms with Gasteiger partial charge in [-0.05, 0) is 49.2 Å². The lowest BCUT2D eigenvalue weighted by molar-refractivity contribution is -0.113. The molecule has 1 amide bonds. The average molecular weight is 459 g/mol. The maximum Gasteiger partial charge on any atom is 0.234 e. The first-order valence-electron chi connectivity index (χ1n) is 10.5. The van der Waals surface area contributed by atoms with Crippen LogP contribution in [-0.2, 0) is 4.79 Å². The third-order valence-corrected chi connectivity index (χ3v) is 6.33. The largest absolute Gasteiger partial charge is 0.454 e. The Balaban J connectivity index is 1.39. The molecular formula is C25H22N4O3S. The molecular weight excluding hydrogens is 436 g/mol. The number of nitrogens with zero attached hydrogens (tertiary/aromatic N) is 3. The molecule has 5 rings (SSSR count). The predicted octanol–water partition coefficient (Wildman–Crippen LogP) is 5.01. The van der Waals surface area contributed by atoms with Gasteiger partial charge in [-0.1, -0.05) is 48.2 Å². The van der Waals surface area contributed by atoms with Gasteiger partial charge in [-0.2, -0.15) is 0 Å². The number of fused-ring (bicyclic) bond motifs is 1. The number of thioether (sulfide) groups is 1. The Labute approximate surface area is 195 Å². The minimum absolute atomic E-state index is 0.144. The molecule has 0 spiro atoms. The topological polar surface area (TPSA) is 78.3 Å². The number of nitrogens with one attached hydrogen (secondary N) is 1. The fraction of sp³-hybridized carbons (Fsp3) is 0.160. The maximum atomic E-state index is 12.6. The first-order chi connectivity index (χ1) is 16.1. The molecule has 0 bridgehead atoms. The first kappa shape index (κ1) is 21.1. The van der Waals surface area contributed by atoms with Crippen molar-refractivity contribution in [3.05, 3.63) is 77.9 Å². The number of hydrogen-bond acceptors (Lipinski definition) is 6. The summed E-state index contributed by atoms with van der Waals surface area (Å²) in [5.74, 6) is 2.08. The second-order valence-electron chi connectivity index (χ2n) is 7.68. The number of aryl methyl sites for hydroxylation is 2. The Hall–Kier alpha value is -3.78. The molecule has 1 N–H and O–H groups in total.